The second kappa shape index (κ2) is 7.15. The third kappa shape index (κ3) is 3.34. The Kier molecular flexibility index (Phi) is 4.97. The Labute approximate surface area is 142 Å². The normalized spacial score (nSPS) is 16.8. The molecule has 1 aromatic heterocycles. The van der Waals surface area contributed by atoms with E-state index in [1.54, 1.807) is 18.2 Å². The summed E-state index contributed by atoms with van der Waals surface area (Å²) in [5.74, 6) is 0.0407. The van der Waals surface area contributed by atoms with Crippen LogP contribution in [0.25, 0.3) is 5.69 Å². The minimum absolute atomic E-state index is 0.0407. The molecule has 1 fully saturated rings. The monoisotopic (exact) mass is 328 g/mol. The lowest BCUT2D eigenvalue weighted by Crippen LogP contribution is -2.54. The van der Waals surface area contributed by atoms with Crippen LogP contribution in [0.4, 0.5) is 0 Å². The van der Waals surface area contributed by atoms with E-state index in [4.69, 9.17) is 4.74 Å². The fraction of sp³-hybridized carbons (Fsp3) is 0.444. The number of piperidine rings is 1. The van der Waals surface area contributed by atoms with E-state index in [1.165, 1.54) is 0 Å². The maximum absolute atomic E-state index is 12.9. The second-order valence-corrected chi connectivity index (χ2v) is 6.24. The summed E-state index contributed by atoms with van der Waals surface area (Å²) in [4.78, 5) is 14.6. The first kappa shape index (κ1) is 16.7. The molecule has 24 heavy (non-hydrogen) atoms. The maximum atomic E-state index is 12.9. The van der Waals surface area contributed by atoms with Gasteiger partial charge in [0.15, 0.2) is 0 Å². The van der Waals surface area contributed by atoms with Gasteiger partial charge >= 0.3 is 0 Å². The summed E-state index contributed by atoms with van der Waals surface area (Å²) in [5.41, 5.74) is 1.30. The molecular weight excluding hydrogens is 304 g/mol. The number of ether oxygens (including phenoxy) is 1. The number of hydrogen-bond acceptors (Lipinski definition) is 4. The van der Waals surface area contributed by atoms with Gasteiger partial charge in [0.2, 0.25) is 0 Å². The minimum atomic E-state index is -0.699. The standard InChI is InChI=1S/C18H24N4O2/c1-21(17(23)18(24-2)8-10-19-11-9-18)13-15-12-20-22(14-15)16-6-4-3-5-7-16/h3-7,12,14,19H,8-11,13H2,1-2H3. The average Bonchev–Trinajstić information content (AvgIpc) is 3.11. The number of methoxy groups -OCH3 is 1. The topological polar surface area (TPSA) is 59.4 Å². The van der Waals surface area contributed by atoms with Gasteiger partial charge in [-0.25, -0.2) is 4.68 Å². The third-order valence-electron chi connectivity index (χ3n) is 4.61. The van der Waals surface area contributed by atoms with E-state index in [2.05, 4.69) is 10.4 Å². The first-order chi connectivity index (χ1) is 11.6. The van der Waals surface area contributed by atoms with Crippen LogP contribution in [0.15, 0.2) is 42.7 Å². The lowest BCUT2D eigenvalue weighted by molar-refractivity contribution is -0.157. The van der Waals surface area contributed by atoms with Crippen molar-refractivity contribution >= 4 is 5.91 Å². The van der Waals surface area contributed by atoms with Crippen LogP contribution >= 0.6 is 0 Å². The number of carbonyl (C=O) groups excluding carboxylic acids is 1. The average molecular weight is 328 g/mol. The fourth-order valence-corrected chi connectivity index (χ4v) is 3.19. The van der Waals surface area contributed by atoms with Crippen molar-refractivity contribution in [1.82, 2.24) is 20.0 Å². The van der Waals surface area contributed by atoms with Gasteiger partial charge in [-0.3, -0.25) is 4.79 Å². The molecule has 2 heterocycles. The zero-order valence-electron chi connectivity index (χ0n) is 14.2. The number of amides is 1. The molecule has 0 saturated carbocycles. The van der Waals surface area contributed by atoms with Crippen molar-refractivity contribution in [3.63, 3.8) is 0 Å². The van der Waals surface area contributed by atoms with Crippen LogP contribution in [0.1, 0.15) is 18.4 Å². The first-order valence-electron chi connectivity index (χ1n) is 8.25. The quantitative estimate of drug-likeness (QED) is 0.906. The van der Waals surface area contributed by atoms with Gasteiger partial charge in [-0.1, -0.05) is 18.2 Å². The van der Waals surface area contributed by atoms with Crippen molar-refractivity contribution in [2.75, 3.05) is 27.2 Å². The van der Waals surface area contributed by atoms with E-state index in [0.29, 0.717) is 19.4 Å². The van der Waals surface area contributed by atoms with Gasteiger partial charge in [0.1, 0.15) is 5.60 Å². The molecule has 1 amide bonds. The molecular formula is C18H24N4O2. The lowest BCUT2D eigenvalue weighted by atomic mass is 9.90. The number of aromatic nitrogens is 2. The van der Waals surface area contributed by atoms with E-state index in [9.17, 15) is 4.79 Å². The van der Waals surface area contributed by atoms with Gasteiger partial charge < -0.3 is 15.0 Å². The van der Waals surface area contributed by atoms with Crippen molar-refractivity contribution in [3.8, 4) is 5.69 Å². The highest BCUT2D eigenvalue weighted by atomic mass is 16.5. The highest BCUT2D eigenvalue weighted by Gasteiger charge is 2.41. The zero-order valence-corrected chi connectivity index (χ0v) is 14.2. The third-order valence-corrected chi connectivity index (χ3v) is 4.61. The van der Waals surface area contributed by atoms with Gasteiger partial charge in [0, 0.05) is 32.5 Å². The lowest BCUT2D eigenvalue weighted by Gasteiger charge is -2.37. The molecule has 1 N–H and O–H groups in total. The summed E-state index contributed by atoms with van der Waals surface area (Å²) >= 11 is 0. The number of hydrogen-bond donors (Lipinski definition) is 1. The first-order valence-corrected chi connectivity index (χ1v) is 8.25. The van der Waals surface area contributed by atoms with Gasteiger partial charge in [0.05, 0.1) is 11.9 Å². The van der Waals surface area contributed by atoms with E-state index in [-0.39, 0.29) is 5.91 Å². The summed E-state index contributed by atoms with van der Waals surface area (Å²) < 4.78 is 7.45. The molecule has 6 heteroatoms. The van der Waals surface area contributed by atoms with Crippen LogP contribution in [0.3, 0.4) is 0 Å². The van der Waals surface area contributed by atoms with Crippen LogP contribution in [-0.4, -0.2) is 53.4 Å². The highest BCUT2D eigenvalue weighted by molar-refractivity contribution is 5.85. The minimum Gasteiger partial charge on any atom is -0.368 e. The predicted molar refractivity (Wildman–Crippen MR) is 91.9 cm³/mol. The van der Waals surface area contributed by atoms with Gasteiger partial charge in [-0.2, -0.15) is 5.10 Å². The van der Waals surface area contributed by atoms with Crippen LogP contribution in [-0.2, 0) is 16.1 Å². The number of nitrogens with one attached hydrogen (secondary N) is 1. The van der Waals surface area contributed by atoms with Crippen molar-refractivity contribution in [1.29, 1.82) is 0 Å². The van der Waals surface area contributed by atoms with Gasteiger partial charge in [-0.05, 0) is 38.1 Å². The van der Waals surface area contributed by atoms with Crippen LogP contribution in [0, 0.1) is 0 Å². The van der Waals surface area contributed by atoms with Crippen LogP contribution < -0.4 is 5.32 Å². The number of rotatable bonds is 5. The Morgan fingerprint density at radius 2 is 2.04 bits per heavy atom. The molecule has 0 bridgehead atoms. The molecule has 0 atom stereocenters. The molecule has 2 aromatic rings. The highest BCUT2D eigenvalue weighted by Crippen LogP contribution is 2.25. The number of likely N-dealkylation sites (N-methyl/N-ethyl adjacent to an activating group) is 1. The maximum Gasteiger partial charge on any atom is 0.254 e. The van der Waals surface area contributed by atoms with Crippen LogP contribution in [0.2, 0.25) is 0 Å². The Bertz CT molecular complexity index is 677. The summed E-state index contributed by atoms with van der Waals surface area (Å²) in [5, 5.41) is 7.66. The van der Waals surface area contributed by atoms with Crippen molar-refractivity contribution in [2.24, 2.45) is 0 Å². The SMILES string of the molecule is COC1(C(=O)N(C)Cc2cnn(-c3ccccc3)c2)CCNCC1. The van der Waals surface area contributed by atoms with E-state index >= 15 is 0 Å². The van der Waals surface area contributed by atoms with Crippen molar-refractivity contribution < 1.29 is 9.53 Å². The van der Waals surface area contributed by atoms with E-state index in [1.807, 2.05) is 48.3 Å². The van der Waals surface area contributed by atoms with Crippen molar-refractivity contribution in [3.05, 3.63) is 48.3 Å². The Hall–Kier alpha value is -2.18. The van der Waals surface area contributed by atoms with E-state index in [0.717, 1.165) is 24.3 Å². The molecule has 1 aliphatic rings. The van der Waals surface area contributed by atoms with E-state index < -0.39 is 5.60 Å². The number of benzene rings is 1. The Morgan fingerprint density at radius 3 is 2.71 bits per heavy atom. The molecule has 1 aromatic carbocycles. The molecule has 128 valence electrons. The molecule has 0 radical (unpaired) electrons. The summed E-state index contributed by atoms with van der Waals surface area (Å²) in [6.45, 7) is 2.13. The molecule has 1 aliphatic heterocycles. The molecule has 0 unspecified atom stereocenters. The van der Waals surface area contributed by atoms with Crippen molar-refractivity contribution in [2.45, 2.75) is 25.0 Å². The summed E-state index contributed by atoms with van der Waals surface area (Å²) in [6.07, 6.45) is 5.17. The summed E-state index contributed by atoms with van der Waals surface area (Å²) in [6, 6.07) is 9.93. The predicted octanol–water partition coefficient (Wildman–Crippen LogP) is 1.60. The van der Waals surface area contributed by atoms with Crippen LogP contribution in [0.5, 0.6) is 0 Å². The second-order valence-electron chi connectivity index (χ2n) is 6.24. The number of carbonyl (C=O) groups is 1. The smallest absolute Gasteiger partial charge is 0.254 e. The molecule has 1 saturated heterocycles. The molecule has 0 aliphatic carbocycles. The Morgan fingerprint density at radius 1 is 1.33 bits per heavy atom. The largest absolute Gasteiger partial charge is 0.368 e. The fourth-order valence-electron chi connectivity index (χ4n) is 3.19. The zero-order chi connectivity index (χ0) is 17.0. The van der Waals surface area contributed by atoms with Gasteiger partial charge in [0.25, 0.3) is 5.91 Å². The molecule has 3 rings (SSSR count). The molecule has 6 nitrogen and oxygen atoms in total. The molecule has 0 spiro atoms. The number of para-hydroxylation sites is 1. The summed E-state index contributed by atoms with van der Waals surface area (Å²) in [7, 11) is 3.45. The number of nitrogens with zero attached hydrogens (tertiary/aromatic N) is 3. The van der Waals surface area contributed by atoms with Gasteiger partial charge in [-0.15, -0.1) is 0 Å². The Balaban J connectivity index is 1.69.